The van der Waals surface area contributed by atoms with E-state index in [-0.39, 0.29) is 0 Å². The molecule has 0 aromatic carbocycles. The zero-order valence-corrected chi connectivity index (χ0v) is 9.27. The smallest absolute Gasteiger partial charge is 0.00105 e. The molecule has 0 bridgehead atoms. The van der Waals surface area contributed by atoms with E-state index < -0.39 is 0 Å². The van der Waals surface area contributed by atoms with E-state index in [9.17, 15) is 0 Å². The summed E-state index contributed by atoms with van der Waals surface area (Å²) in [5.41, 5.74) is 8.25. The van der Waals surface area contributed by atoms with Crippen LogP contribution in [-0.4, -0.2) is 6.04 Å². The third kappa shape index (κ3) is 6.59. The Labute approximate surface area is 82.7 Å². The number of hydrogen-bond donors (Lipinski definition) is 1. The number of unbranched alkanes of at least 4 members (excludes halogenated alkanes) is 1. The summed E-state index contributed by atoms with van der Waals surface area (Å²) in [6.07, 6.45) is 6.83. The molecule has 76 valence electrons. The van der Waals surface area contributed by atoms with E-state index in [1.54, 1.807) is 0 Å². The van der Waals surface area contributed by atoms with E-state index >= 15 is 0 Å². The predicted octanol–water partition coefficient (Wildman–Crippen LogP) is 3.42. The van der Waals surface area contributed by atoms with Gasteiger partial charge in [0.05, 0.1) is 0 Å². The summed E-state index contributed by atoms with van der Waals surface area (Å²) in [4.78, 5) is 0. The molecular weight excluding hydrogens is 158 g/mol. The molecule has 0 aliphatic rings. The van der Waals surface area contributed by atoms with Gasteiger partial charge in [0.15, 0.2) is 0 Å². The second-order valence-electron chi connectivity index (χ2n) is 3.77. The molecule has 0 aliphatic carbocycles. The average molecular weight is 181 g/mol. The van der Waals surface area contributed by atoms with Gasteiger partial charge in [-0.2, -0.15) is 0 Å². The summed E-state index contributed by atoms with van der Waals surface area (Å²) in [6.45, 7) is 10.2. The molecule has 0 saturated carbocycles. The Morgan fingerprint density at radius 2 is 2.15 bits per heavy atom. The second-order valence-corrected chi connectivity index (χ2v) is 3.77. The van der Waals surface area contributed by atoms with E-state index in [1.807, 2.05) is 0 Å². The molecule has 1 nitrogen and oxygen atoms in total. The van der Waals surface area contributed by atoms with Crippen molar-refractivity contribution >= 4 is 0 Å². The van der Waals surface area contributed by atoms with Crippen LogP contribution in [0.15, 0.2) is 23.8 Å². The van der Waals surface area contributed by atoms with Gasteiger partial charge in [-0.1, -0.05) is 25.2 Å². The summed E-state index contributed by atoms with van der Waals surface area (Å²) in [7, 11) is 0. The second kappa shape index (κ2) is 6.90. The highest BCUT2D eigenvalue weighted by atomic mass is 14.6. The number of rotatable bonds is 6. The normalized spacial score (nSPS) is 14.3. The molecule has 0 spiro atoms. The van der Waals surface area contributed by atoms with Crippen molar-refractivity contribution in [2.45, 2.75) is 52.5 Å². The lowest BCUT2D eigenvalue weighted by Crippen LogP contribution is -2.13. The van der Waals surface area contributed by atoms with Crippen LogP contribution in [0.2, 0.25) is 0 Å². The van der Waals surface area contributed by atoms with Crippen LogP contribution in [0.5, 0.6) is 0 Å². The van der Waals surface area contributed by atoms with Gasteiger partial charge in [-0.25, -0.2) is 0 Å². The largest absolute Gasteiger partial charge is 0.328 e. The highest BCUT2D eigenvalue weighted by Crippen LogP contribution is 2.13. The molecule has 0 aliphatic heterocycles. The molecule has 2 N–H and O–H groups in total. The van der Waals surface area contributed by atoms with Crippen molar-refractivity contribution in [3.8, 4) is 0 Å². The molecular formula is C12H23N. The SMILES string of the molecule is C=C(C)/C(=C/CCCC(C)N)CC. The van der Waals surface area contributed by atoms with Crippen LogP contribution in [0.4, 0.5) is 0 Å². The van der Waals surface area contributed by atoms with Crippen LogP contribution in [0, 0.1) is 0 Å². The van der Waals surface area contributed by atoms with Gasteiger partial charge in [-0.15, -0.1) is 0 Å². The fraction of sp³-hybridized carbons (Fsp3) is 0.667. The molecule has 0 rings (SSSR count). The summed E-state index contributed by atoms with van der Waals surface area (Å²) in [6, 6.07) is 0.336. The first-order valence-electron chi connectivity index (χ1n) is 5.18. The van der Waals surface area contributed by atoms with Crippen LogP contribution in [0.25, 0.3) is 0 Å². The third-order valence-corrected chi connectivity index (χ3v) is 2.18. The topological polar surface area (TPSA) is 26.0 Å². The number of nitrogens with two attached hydrogens (primary N) is 1. The molecule has 1 heteroatoms. The van der Waals surface area contributed by atoms with E-state index in [0.29, 0.717) is 6.04 Å². The van der Waals surface area contributed by atoms with Crippen molar-refractivity contribution in [3.63, 3.8) is 0 Å². The lowest BCUT2D eigenvalue weighted by Gasteiger charge is -2.05. The first kappa shape index (κ1) is 12.4. The monoisotopic (exact) mass is 181 g/mol. The van der Waals surface area contributed by atoms with Gasteiger partial charge in [-0.05, 0) is 45.1 Å². The molecule has 1 atom stereocenters. The minimum atomic E-state index is 0.336. The van der Waals surface area contributed by atoms with Crippen LogP contribution in [0.3, 0.4) is 0 Å². The van der Waals surface area contributed by atoms with E-state index in [0.717, 1.165) is 19.3 Å². The standard InChI is InChI=1S/C12H23N/c1-5-12(10(2)3)9-7-6-8-11(4)13/h9,11H,2,5-8,13H2,1,3-4H3/b12-9+. The van der Waals surface area contributed by atoms with E-state index in [1.165, 1.54) is 17.6 Å². The summed E-state index contributed by atoms with van der Waals surface area (Å²) >= 11 is 0. The fourth-order valence-corrected chi connectivity index (χ4v) is 1.34. The van der Waals surface area contributed by atoms with Gasteiger partial charge < -0.3 is 5.73 Å². The fourth-order valence-electron chi connectivity index (χ4n) is 1.34. The molecule has 0 aromatic heterocycles. The summed E-state index contributed by atoms with van der Waals surface area (Å²) in [5.74, 6) is 0. The van der Waals surface area contributed by atoms with E-state index in [2.05, 4.69) is 33.4 Å². The number of allylic oxidation sites excluding steroid dienone is 3. The van der Waals surface area contributed by atoms with Crippen LogP contribution in [0.1, 0.15) is 46.5 Å². The first-order chi connectivity index (χ1) is 6.07. The average Bonchev–Trinajstić information content (AvgIpc) is 2.03. The first-order valence-corrected chi connectivity index (χ1v) is 5.18. The quantitative estimate of drug-likeness (QED) is 0.493. The van der Waals surface area contributed by atoms with Gasteiger partial charge in [0.2, 0.25) is 0 Å². The van der Waals surface area contributed by atoms with Gasteiger partial charge >= 0.3 is 0 Å². The molecule has 0 saturated heterocycles. The van der Waals surface area contributed by atoms with Gasteiger partial charge in [0.25, 0.3) is 0 Å². The Hall–Kier alpha value is -0.560. The van der Waals surface area contributed by atoms with Crippen molar-refractivity contribution in [1.29, 1.82) is 0 Å². The Morgan fingerprint density at radius 1 is 1.54 bits per heavy atom. The maximum atomic E-state index is 5.66. The van der Waals surface area contributed by atoms with Gasteiger partial charge in [0, 0.05) is 6.04 Å². The Balaban J connectivity index is 3.74. The van der Waals surface area contributed by atoms with Crippen molar-refractivity contribution in [2.24, 2.45) is 5.73 Å². The van der Waals surface area contributed by atoms with Gasteiger partial charge in [0.1, 0.15) is 0 Å². The highest BCUT2D eigenvalue weighted by molar-refractivity contribution is 5.25. The summed E-state index contributed by atoms with van der Waals surface area (Å²) in [5, 5.41) is 0. The van der Waals surface area contributed by atoms with Crippen LogP contribution >= 0.6 is 0 Å². The molecule has 0 fully saturated rings. The summed E-state index contributed by atoms with van der Waals surface area (Å²) < 4.78 is 0. The molecule has 0 radical (unpaired) electrons. The zero-order chi connectivity index (χ0) is 10.3. The molecule has 0 aromatic rings. The molecule has 13 heavy (non-hydrogen) atoms. The van der Waals surface area contributed by atoms with E-state index in [4.69, 9.17) is 5.73 Å². The lowest BCUT2D eigenvalue weighted by molar-refractivity contribution is 0.629. The minimum Gasteiger partial charge on any atom is -0.328 e. The minimum absolute atomic E-state index is 0.336. The maximum absolute atomic E-state index is 5.66. The van der Waals surface area contributed by atoms with Crippen molar-refractivity contribution in [3.05, 3.63) is 23.8 Å². The molecule has 1 unspecified atom stereocenters. The van der Waals surface area contributed by atoms with Crippen LogP contribution < -0.4 is 5.73 Å². The van der Waals surface area contributed by atoms with Gasteiger partial charge in [-0.3, -0.25) is 0 Å². The lowest BCUT2D eigenvalue weighted by atomic mass is 10.0. The third-order valence-electron chi connectivity index (χ3n) is 2.18. The van der Waals surface area contributed by atoms with Crippen molar-refractivity contribution in [2.75, 3.05) is 0 Å². The van der Waals surface area contributed by atoms with Crippen LogP contribution in [-0.2, 0) is 0 Å². The Kier molecular flexibility index (Phi) is 6.61. The molecule has 0 heterocycles. The number of hydrogen-bond acceptors (Lipinski definition) is 1. The van der Waals surface area contributed by atoms with Crippen molar-refractivity contribution in [1.82, 2.24) is 0 Å². The molecule has 0 amide bonds. The maximum Gasteiger partial charge on any atom is 0.00105 e. The Morgan fingerprint density at radius 3 is 2.54 bits per heavy atom. The highest BCUT2D eigenvalue weighted by Gasteiger charge is 1.95. The predicted molar refractivity (Wildman–Crippen MR) is 60.7 cm³/mol. The zero-order valence-electron chi connectivity index (χ0n) is 9.27. The Bertz CT molecular complexity index is 178. The van der Waals surface area contributed by atoms with Crippen molar-refractivity contribution < 1.29 is 0 Å².